The Morgan fingerprint density at radius 1 is 0.917 bits per heavy atom. The van der Waals surface area contributed by atoms with Gasteiger partial charge in [0.2, 0.25) is 0 Å². The maximum Gasteiger partial charge on any atom is 0.433 e. The van der Waals surface area contributed by atoms with Gasteiger partial charge in [0, 0.05) is 11.8 Å². The Morgan fingerprint density at radius 3 is 2.17 bits per heavy atom. The van der Waals surface area contributed by atoms with Crippen molar-refractivity contribution in [1.29, 1.82) is 0 Å². The zero-order valence-corrected chi connectivity index (χ0v) is 11.5. The SMILES string of the molecule is FC(F)(F)c1ccc(Nc2cc(C(F)(F)F)nc3ncnn23)cc1. The molecule has 24 heavy (non-hydrogen) atoms. The highest BCUT2D eigenvalue weighted by molar-refractivity contribution is 5.59. The second-order valence-electron chi connectivity index (χ2n) is 4.70. The molecule has 0 saturated heterocycles. The van der Waals surface area contributed by atoms with Gasteiger partial charge in [-0.25, -0.2) is 4.98 Å². The van der Waals surface area contributed by atoms with Crippen LogP contribution in [0.2, 0.25) is 0 Å². The molecule has 0 unspecified atom stereocenters. The molecular weight excluding hydrogens is 340 g/mol. The third-order valence-electron chi connectivity index (χ3n) is 3.03. The van der Waals surface area contributed by atoms with Crippen molar-refractivity contribution in [3.8, 4) is 0 Å². The van der Waals surface area contributed by atoms with Crippen molar-refractivity contribution in [1.82, 2.24) is 19.6 Å². The van der Waals surface area contributed by atoms with Crippen molar-refractivity contribution in [2.75, 3.05) is 5.32 Å². The molecule has 0 aliphatic rings. The molecule has 3 aromatic rings. The molecule has 0 amide bonds. The normalized spacial score (nSPS) is 12.6. The average Bonchev–Trinajstić information content (AvgIpc) is 2.94. The van der Waals surface area contributed by atoms with E-state index in [1.54, 1.807) is 0 Å². The molecule has 11 heteroatoms. The van der Waals surface area contributed by atoms with Crippen LogP contribution < -0.4 is 5.32 Å². The number of anilines is 2. The number of hydrogen-bond acceptors (Lipinski definition) is 4. The lowest BCUT2D eigenvalue weighted by Crippen LogP contribution is -2.12. The number of nitrogens with zero attached hydrogens (tertiary/aromatic N) is 4. The van der Waals surface area contributed by atoms with Gasteiger partial charge in [-0.05, 0) is 24.3 Å². The molecule has 3 rings (SSSR count). The zero-order chi connectivity index (χ0) is 17.5. The standard InChI is InChI=1S/C13H7F6N5/c14-12(15,16)7-1-3-8(4-2-7)22-10-5-9(13(17,18)19)23-11-20-6-21-24(10)11/h1-6,22H. The summed E-state index contributed by atoms with van der Waals surface area (Å²) in [5.74, 6) is -0.427. The highest BCUT2D eigenvalue weighted by Gasteiger charge is 2.34. The number of fused-ring (bicyclic) bond motifs is 1. The van der Waals surface area contributed by atoms with Gasteiger partial charge in [0.15, 0.2) is 5.69 Å². The van der Waals surface area contributed by atoms with Crippen LogP contribution in [0.3, 0.4) is 0 Å². The third-order valence-corrected chi connectivity index (χ3v) is 3.03. The summed E-state index contributed by atoms with van der Waals surface area (Å²) in [6.07, 6.45) is -8.19. The lowest BCUT2D eigenvalue weighted by molar-refractivity contribution is -0.141. The van der Waals surface area contributed by atoms with Crippen LogP contribution in [0.25, 0.3) is 5.78 Å². The Balaban J connectivity index is 1.99. The van der Waals surface area contributed by atoms with Gasteiger partial charge in [0.1, 0.15) is 12.1 Å². The Bertz CT molecular complexity index is 865. The van der Waals surface area contributed by atoms with E-state index in [0.717, 1.165) is 35.1 Å². The molecule has 0 aliphatic heterocycles. The van der Waals surface area contributed by atoms with Crippen molar-refractivity contribution >= 4 is 17.3 Å². The fourth-order valence-corrected chi connectivity index (χ4v) is 1.94. The van der Waals surface area contributed by atoms with Crippen LogP contribution in [-0.2, 0) is 12.4 Å². The number of hydrogen-bond donors (Lipinski definition) is 1. The van der Waals surface area contributed by atoms with Gasteiger partial charge in [-0.1, -0.05) is 0 Å². The van der Waals surface area contributed by atoms with Crippen LogP contribution >= 0.6 is 0 Å². The van der Waals surface area contributed by atoms with E-state index in [-0.39, 0.29) is 17.3 Å². The predicted octanol–water partition coefficient (Wildman–Crippen LogP) is 3.91. The number of aromatic nitrogens is 4. The van der Waals surface area contributed by atoms with Gasteiger partial charge in [-0.15, -0.1) is 0 Å². The first-order valence-electron chi connectivity index (χ1n) is 6.37. The fraction of sp³-hybridized carbons (Fsp3) is 0.154. The van der Waals surface area contributed by atoms with E-state index in [2.05, 4.69) is 20.4 Å². The highest BCUT2D eigenvalue weighted by atomic mass is 19.4. The lowest BCUT2D eigenvalue weighted by Gasteiger charge is -2.12. The molecule has 1 aromatic carbocycles. The number of halogens is 6. The summed E-state index contributed by atoms with van der Waals surface area (Å²) in [4.78, 5) is 6.92. The second kappa shape index (κ2) is 5.35. The van der Waals surface area contributed by atoms with E-state index in [1.165, 1.54) is 0 Å². The minimum atomic E-state index is -4.70. The second-order valence-corrected chi connectivity index (χ2v) is 4.70. The molecule has 126 valence electrons. The summed E-state index contributed by atoms with van der Waals surface area (Å²) in [6, 6.07) is 4.51. The van der Waals surface area contributed by atoms with E-state index < -0.39 is 23.6 Å². The lowest BCUT2D eigenvalue weighted by atomic mass is 10.2. The average molecular weight is 347 g/mol. The number of alkyl halides is 6. The van der Waals surface area contributed by atoms with Gasteiger partial charge >= 0.3 is 12.4 Å². The van der Waals surface area contributed by atoms with Gasteiger partial charge in [0.25, 0.3) is 5.78 Å². The molecule has 0 saturated carbocycles. The van der Waals surface area contributed by atoms with E-state index in [9.17, 15) is 26.3 Å². The van der Waals surface area contributed by atoms with Crippen molar-refractivity contribution in [2.24, 2.45) is 0 Å². The maximum atomic E-state index is 12.9. The Labute approximate surface area is 130 Å². The topological polar surface area (TPSA) is 55.1 Å². The minimum Gasteiger partial charge on any atom is -0.340 e. The van der Waals surface area contributed by atoms with Crippen molar-refractivity contribution in [2.45, 2.75) is 12.4 Å². The van der Waals surface area contributed by atoms with Crippen LogP contribution in [0.5, 0.6) is 0 Å². The molecular formula is C13H7F6N5. The fourth-order valence-electron chi connectivity index (χ4n) is 1.94. The van der Waals surface area contributed by atoms with Crippen LogP contribution in [0.4, 0.5) is 37.8 Å². The molecule has 2 heterocycles. The largest absolute Gasteiger partial charge is 0.433 e. The van der Waals surface area contributed by atoms with Crippen molar-refractivity contribution in [3.05, 3.63) is 47.9 Å². The molecule has 2 aromatic heterocycles. The Morgan fingerprint density at radius 2 is 1.58 bits per heavy atom. The zero-order valence-electron chi connectivity index (χ0n) is 11.5. The molecule has 0 aliphatic carbocycles. The van der Waals surface area contributed by atoms with Crippen LogP contribution in [0, 0.1) is 0 Å². The summed E-state index contributed by atoms with van der Waals surface area (Å²) in [6.45, 7) is 0. The summed E-state index contributed by atoms with van der Waals surface area (Å²) >= 11 is 0. The number of benzene rings is 1. The molecule has 0 bridgehead atoms. The van der Waals surface area contributed by atoms with E-state index in [4.69, 9.17) is 0 Å². The molecule has 0 atom stereocenters. The smallest absolute Gasteiger partial charge is 0.340 e. The van der Waals surface area contributed by atoms with Gasteiger partial charge in [-0.3, -0.25) is 0 Å². The molecule has 1 N–H and O–H groups in total. The Hall–Kier alpha value is -2.85. The van der Waals surface area contributed by atoms with Crippen LogP contribution in [-0.4, -0.2) is 19.6 Å². The molecule has 0 radical (unpaired) electrons. The van der Waals surface area contributed by atoms with Crippen molar-refractivity contribution in [3.63, 3.8) is 0 Å². The minimum absolute atomic E-state index is 0.135. The van der Waals surface area contributed by atoms with E-state index >= 15 is 0 Å². The third kappa shape index (κ3) is 3.09. The number of nitrogens with one attached hydrogen (secondary N) is 1. The maximum absolute atomic E-state index is 12.9. The molecule has 0 fully saturated rings. The first-order chi connectivity index (χ1) is 11.1. The molecule has 5 nitrogen and oxygen atoms in total. The summed E-state index contributed by atoms with van der Waals surface area (Å²) in [5, 5.41) is 6.31. The summed E-state index contributed by atoms with van der Waals surface area (Å²) < 4.78 is 77.1. The van der Waals surface area contributed by atoms with Crippen LogP contribution in [0.15, 0.2) is 36.7 Å². The first kappa shape index (κ1) is 16.0. The monoisotopic (exact) mass is 347 g/mol. The van der Waals surface area contributed by atoms with Gasteiger partial charge < -0.3 is 5.32 Å². The van der Waals surface area contributed by atoms with Crippen LogP contribution in [0.1, 0.15) is 11.3 Å². The first-order valence-corrected chi connectivity index (χ1v) is 6.37. The summed E-state index contributed by atoms with van der Waals surface area (Å²) in [5.41, 5.74) is -1.92. The number of rotatable bonds is 2. The van der Waals surface area contributed by atoms with E-state index in [0.29, 0.717) is 6.07 Å². The highest BCUT2D eigenvalue weighted by Crippen LogP contribution is 2.32. The van der Waals surface area contributed by atoms with Gasteiger partial charge in [-0.2, -0.15) is 40.9 Å². The Kier molecular flexibility index (Phi) is 3.57. The quantitative estimate of drug-likeness (QED) is 0.715. The predicted molar refractivity (Wildman–Crippen MR) is 70.5 cm³/mol. The van der Waals surface area contributed by atoms with E-state index in [1.807, 2.05) is 0 Å². The summed E-state index contributed by atoms with van der Waals surface area (Å²) in [7, 11) is 0. The molecule has 0 spiro atoms. The van der Waals surface area contributed by atoms with Gasteiger partial charge in [0.05, 0.1) is 5.56 Å². The van der Waals surface area contributed by atoms with Crippen molar-refractivity contribution < 1.29 is 26.3 Å².